The topological polar surface area (TPSA) is 74.5 Å². The molecule has 26 heavy (non-hydrogen) atoms. The van der Waals surface area contributed by atoms with Crippen LogP contribution in [-0.2, 0) is 4.74 Å². The van der Waals surface area contributed by atoms with Gasteiger partial charge < -0.3 is 24.6 Å². The van der Waals surface area contributed by atoms with Crippen LogP contribution in [0.25, 0.3) is 0 Å². The first kappa shape index (κ1) is 19.3. The fourth-order valence-corrected chi connectivity index (χ4v) is 3.95. The third-order valence-corrected chi connectivity index (χ3v) is 5.40. The maximum absolute atomic E-state index is 13.6. The molecule has 1 aromatic rings. The van der Waals surface area contributed by atoms with Crippen molar-refractivity contribution in [1.29, 1.82) is 0 Å². The summed E-state index contributed by atoms with van der Waals surface area (Å²) in [5, 5.41) is 21.1. The highest BCUT2D eigenvalue weighted by molar-refractivity contribution is 8.14. The summed E-state index contributed by atoms with van der Waals surface area (Å²) in [6, 6.07) is 6.64. The van der Waals surface area contributed by atoms with Gasteiger partial charge >= 0.3 is 6.18 Å². The van der Waals surface area contributed by atoms with Crippen molar-refractivity contribution in [2.24, 2.45) is 4.99 Å². The second-order valence-corrected chi connectivity index (χ2v) is 7.32. The predicted molar refractivity (Wildman–Crippen MR) is 90.1 cm³/mol. The number of para-hydroxylation sites is 1. The van der Waals surface area contributed by atoms with E-state index in [1.54, 1.807) is 25.1 Å². The normalized spacial score (nSPS) is 32.6. The van der Waals surface area contributed by atoms with E-state index in [0.29, 0.717) is 5.17 Å². The molecule has 2 aliphatic heterocycles. The molecule has 2 N–H and O–H groups in total. The van der Waals surface area contributed by atoms with Crippen LogP contribution in [0.3, 0.4) is 0 Å². The molecule has 0 amide bonds. The van der Waals surface area contributed by atoms with Crippen molar-refractivity contribution in [1.82, 2.24) is 4.90 Å². The van der Waals surface area contributed by atoms with Crippen LogP contribution >= 0.6 is 11.8 Å². The first-order valence-electron chi connectivity index (χ1n) is 7.90. The van der Waals surface area contributed by atoms with Crippen LogP contribution in [0.15, 0.2) is 35.3 Å². The molecule has 6 atom stereocenters. The first-order chi connectivity index (χ1) is 12.2. The molecule has 2 unspecified atom stereocenters. The van der Waals surface area contributed by atoms with E-state index in [9.17, 15) is 23.4 Å². The molecule has 10 heteroatoms. The first-order valence-corrected chi connectivity index (χ1v) is 8.78. The number of aliphatic hydroxyl groups excluding tert-OH is 2. The number of benzene rings is 1. The Morgan fingerprint density at radius 3 is 2.42 bits per heavy atom. The van der Waals surface area contributed by atoms with Gasteiger partial charge in [-0.25, -0.2) is 0 Å². The zero-order valence-corrected chi connectivity index (χ0v) is 14.8. The van der Waals surface area contributed by atoms with Crippen LogP contribution in [0.2, 0.25) is 0 Å². The van der Waals surface area contributed by atoms with E-state index in [0.717, 1.165) is 11.8 Å². The number of aliphatic imine (C=N–C) groups is 1. The van der Waals surface area contributed by atoms with Gasteiger partial charge in [-0.1, -0.05) is 30.0 Å². The number of rotatable bonds is 3. The number of alkyl halides is 3. The van der Waals surface area contributed by atoms with E-state index >= 15 is 0 Å². The third kappa shape index (κ3) is 3.78. The summed E-state index contributed by atoms with van der Waals surface area (Å²) in [7, 11) is 3.45. The summed E-state index contributed by atoms with van der Waals surface area (Å²) in [5.74, 6) is -0.00783. The van der Waals surface area contributed by atoms with Crippen molar-refractivity contribution < 1.29 is 32.9 Å². The van der Waals surface area contributed by atoms with E-state index < -0.39 is 42.1 Å². The highest BCUT2D eigenvalue weighted by Gasteiger charge is 2.57. The van der Waals surface area contributed by atoms with Crippen LogP contribution in [0.5, 0.6) is 5.75 Å². The number of fused-ring (bicyclic) bond motifs is 1. The lowest BCUT2D eigenvalue weighted by Gasteiger charge is -2.41. The third-order valence-electron chi connectivity index (χ3n) is 4.10. The molecule has 1 saturated heterocycles. The number of hydrogen-bond donors (Lipinski definition) is 2. The standard InChI is InChI=1S/C16H19F3N2O4S/c1-21(2)15-20-9-10(22)11(23)12(25-14(9)26-15)13(16(17,18)19)24-8-6-4-3-5-7-8/h3-7,9-14,22-23H,1-2H3/t9-,10?,11+,12?,13-,14-/m1/s1. The zero-order chi connectivity index (χ0) is 19.1. The van der Waals surface area contributed by atoms with E-state index in [1.165, 1.54) is 24.3 Å². The number of ether oxygens (including phenoxy) is 2. The smallest absolute Gasteiger partial charge is 0.428 e. The largest absolute Gasteiger partial charge is 0.478 e. The van der Waals surface area contributed by atoms with E-state index in [2.05, 4.69) is 4.99 Å². The summed E-state index contributed by atoms with van der Waals surface area (Å²) in [4.78, 5) is 5.90. The molecule has 1 fully saturated rings. The van der Waals surface area contributed by atoms with Crippen molar-refractivity contribution in [3.8, 4) is 5.75 Å². The number of amidine groups is 1. The van der Waals surface area contributed by atoms with Gasteiger partial charge in [0.2, 0.25) is 6.10 Å². The van der Waals surface area contributed by atoms with Crippen molar-refractivity contribution in [3.05, 3.63) is 30.3 Å². The molecule has 2 aliphatic rings. The molecule has 1 aromatic carbocycles. The minimum atomic E-state index is -4.80. The van der Waals surface area contributed by atoms with Gasteiger partial charge in [0.1, 0.15) is 35.5 Å². The minimum Gasteiger partial charge on any atom is -0.478 e. The highest BCUT2D eigenvalue weighted by Crippen LogP contribution is 2.41. The van der Waals surface area contributed by atoms with Gasteiger partial charge in [0.15, 0.2) is 5.17 Å². The van der Waals surface area contributed by atoms with Crippen LogP contribution in [0.1, 0.15) is 0 Å². The molecule has 144 valence electrons. The second-order valence-electron chi connectivity index (χ2n) is 6.26. The molecule has 3 rings (SSSR count). The average molecular weight is 392 g/mol. The lowest BCUT2D eigenvalue weighted by Crippen LogP contribution is -2.62. The quantitative estimate of drug-likeness (QED) is 0.812. The van der Waals surface area contributed by atoms with Gasteiger partial charge in [0, 0.05) is 14.1 Å². The Hall–Kier alpha value is -1.49. The fourth-order valence-electron chi connectivity index (χ4n) is 2.81. The molecule has 0 spiro atoms. The number of thioether (sulfide) groups is 1. The lowest BCUT2D eigenvalue weighted by molar-refractivity contribution is -0.263. The molecule has 0 saturated carbocycles. The maximum Gasteiger partial charge on any atom is 0.428 e. The second kappa shape index (κ2) is 7.26. The summed E-state index contributed by atoms with van der Waals surface area (Å²) in [5.41, 5.74) is -0.833. The number of nitrogens with zero attached hydrogens (tertiary/aromatic N) is 2. The van der Waals surface area contributed by atoms with E-state index in [4.69, 9.17) is 9.47 Å². The van der Waals surface area contributed by atoms with Crippen molar-refractivity contribution in [3.63, 3.8) is 0 Å². The molecule has 0 aromatic heterocycles. The lowest BCUT2D eigenvalue weighted by atomic mass is 9.94. The van der Waals surface area contributed by atoms with Gasteiger partial charge in [0.25, 0.3) is 0 Å². The Balaban J connectivity index is 1.84. The predicted octanol–water partition coefficient (Wildman–Crippen LogP) is 1.48. The summed E-state index contributed by atoms with van der Waals surface area (Å²) in [6.45, 7) is 0. The Labute approximate surface area is 152 Å². The number of aliphatic hydroxyl groups is 2. The Morgan fingerprint density at radius 2 is 1.85 bits per heavy atom. The van der Waals surface area contributed by atoms with Crippen LogP contribution < -0.4 is 4.74 Å². The monoisotopic (exact) mass is 392 g/mol. The van der Waals surface area contributed by atoms with Gasteiger partial charge in [-0.05, 0) is 12.1 Å². The molecule has 0 bridgehead atoms. The molecule has 0 aliphatic carbocycles. The SMILES string of the molecule is CN(C)C1=N[C@@H]2C(O)[C@H](O)C([C@@H](Oc3ccccc3)C(F)(F)F)O[C@@H]2S1. The van der Waals surface area contributed by atoms with Crippen LogP contribution in [0, 0.1) is 0 Å². The summed E-state index contributed by atoms with van der Waals surface area (Å²) < 4.78 is 51.4. The van der Waals surface area contributed by atoms with Crippen molar-refractivity contribution in [2.45, 2.75) is 42.1 Å². The molecular formula is C16H19F3N2O4S. The minimum absolute atomic E-state index is 0.00783. The average Bonchev–Trinajstić information content (AvgIpc) is 3.01. The maximum atomic E-state index is 13.6. The Morgan fingerprint density at radius 1 is 1.19 bits per heavy atom. The molecule has 2 heterocycles. The Bertz CT molecular complexity index is 659. The Kier molecular flexibility index (Phi) is 5.38. The van der Waals surface area contributed by atoms with E-state index in [1.807, 2.05) is 0 Å². The molecular weight excluding hydrogens is 373 g/mol. The highest BCUT2D eigenvalue weighted by atomic mass is 32.2. The number of hydrogen-bond acceptors (Lipinski definition) is 7. The molecule has 6 nitrogen and oxygen atoms in total. The van der Waals surface area contributed by atoms with Gasteiger partial charge in [-0.15, -0.1) is 0 Å². The van der Waals surface area contributed by atoms with Crippen molar-refractivity contribution >= 4 is 16.9 Å². The van der Waals surface area contributed by atoms with Crippen molar-refractivity contribution in [2.75, 3.05) is 14.1 Å². The van der Waals surface area contributed by atoms with Gasteiger partial charge in [-0.3, -0.25) is 4.99 Å². The zero-order valence-electron chi connectivity index (χ0n) is 14.0. The van der Waals surface area contributed by atoms with Gasteiger partial charge in [-0.2, -0.15) is 13.2 Å². The van der Waals surface area contributed by atoms with Gasteiger partial charge in [0.05, 0.1) is 0 Å². The van der Waals surface area contributed by atoms with Crippen LogP contribution in [0.4, 0.5) is 13.2 Å². The summed E-state index contributed by atoms with van der Waals surface area (Å²) >= 11 is 1.11. The fraction of sp³-hybridized carbons (Fsp3) is 0.562. The number of halogens is 3. The molecule has 0 radical (unpaired) electrons. The van der Waals surface area contributed by atoms with E-state index in [-0.39, 0.29) is 5.75 Å². The van der Waals surface area contributed by atoms with Crippen LogP contribution in [-0.4, -0.2) is 76.4 Å². The summed E-state index contributed by atoms with van der Waals surface area (Å²) in [6.07, 6.45) is -12.3.